The van der Waals surface area contributed by atoms with Crippen molar-refractivity contribution in [3.63, 3.8) is 0 Å². The van der Waals surface area contributed by atoms with Gasteiger partial charge >= 0.3 is 0 Å². The topological polar surface area (TPSA) is 49.3 Å². The van der Waals surface area contributed by atoms with Gasteiger partial charge in [0.2, 0.25) is 0 Å². The van der Waals surface area contributed by atoms with Crippen molar-refractivity contribution in [3.8, 4) is 0 Å². The predicted octanol–water partition coefficient (Wildman–Crippen LogP) is 2.33. The number of amides is 1. The van der Waals surface area contributed by atoms with Crippen LogP contribution in [0.2, 0.25) is 0 Å². The van der Waals surface area contributed by atoms with Gasteiger partial charge < -0.3 is 9.80 Å². The van der Waals surface area contributed by atoms with Crippen molar-refractivity contribution in [2.45, 2.75) is 31.7 Å². The number of benzene rings is 1. The highest BCUT2D eigenvalue weighted by Gasteiger charge is 2.32. The van der Waals surface area contributed by atoms with Crippen LogP contribution in [0.4, 0.5) is 0 Å². The summed E-state index contributed by atoms with van der Waals surface area (Å²) in [5.74, 6) is 0.0324. The number of hydrogen-bond acceptors (Lipinski definition) is 4. The minimum absolute atomic E-state index is 0.0324. The highest BCUT2D eigenvalue weighted by atomic mass is 16.2. The minimum atomic E-state index is 0.0324. The first kappa shape index (κ1) is 14.6. The lowest BCUT2D eigenvalue weighted by Gasteiger charge is -2.28. The molecule has 2 aromatic rings. The molecule has 2 saturated heterocycles. The van der Waals surface area contributed by atoms with E-state index in [0.29, 0.717) is 11.7 Å². The maximum atomic E-state index is 12.9. The van der Waals surface area contributed by atoms with E-state index in [1.54, 1.807) is 6.20 Å². The summed E-state index contributed by atoms with van der Waals surface area (Å²) in [7, 11) is 0. The van der Waals surface area contributed by atoms with Gasteiger partial charge in [-0.1, -0.05) is 12.1 Å². The molecule has 0 bridgehead atoms. The van der Waals surface area contributed by atoms with Crippen LogP contribution in [0.3, 0.4) is 0 Å². The molecule has 3 heterocycles. The summed E-state index contributed by atoms with van der Waals surface area (Å²) in [5.41, 5.74) is 2.09. The number of carbonyl (C=O) groups is 1. The zero-order valence-corrected chi connectivity index (χ0v) is 13.3. The van der Waals surface area contributed by atoms with Crippen LogP contribution >= 0.6 is 0 Å². The van der Waals surface area contributed by atoms with Crippen LogP contribution in [0.5, 0.6) is 0 Å². The first-order valence-corrected chi connectivity index (χ1v) is 8.56. The molecule has 0 aliphatic carbocycles. The quantitative estimate of drug-likeness (QED) is 0.873. The van der Waals surface area contributed by atoms with Crippen molar-refractivity contribution in [2.75, 3.05) is 26.2 Å². The van der Waals surface area contributed by atoms with Crippen molar-refractivity contribution in [1.29, 1.82) is 0 Å². The molecular weight excluding hydrogens is 288 g/mol. The van der Waals surface area contributed by atoms with Gasteiger partial charge in [0.25, 0.3) is 5.91 Å². The van der Waals surface area contributed by atoms with Crippen molar-refractivity contribution in [2.24, 2.45) is 0 Å². The number of nitrogens with zero attached hydrogens (tertiary/aromatic N) is 4. The maximum absolute atomic E-state index is 12.9. The van der Waals surface area contributed by atoms with Crippen LogP contribution in [0, 0.1) is 0 Å². The summed E-state index contributed by atoms with van der Waals surface area (Å²) in [6.45, 7) is 4.20. The van der Waals surface area contributed by atoms with Gasteiger partial charge in [-0.2, -0.15) is 0 Å². The van der Waals surface area contributed by atoms with E-state index in [1.165, 1.54) is 25.9 Å². The fourth-order valence-electron chi connectivity index (χ4n) is 3.76. The van der Waals surface area contributed by atoms with E-state index in [2.05, 4.69) is 14.9 Å². The molecule has 0 radical (unpaired) electrons. The van der Waals surface area contributed by atoms with Crippen molar-refractivity contribution < 1.29 is 4.79 Å². The number of likely N-dealkylation sites (tertiary alicyclic amines) is 2. The predicted molar refractivity (Wildman–Crippen MR) is 89.3 cm³/mol. The molecule has 120 valence electrons. The van der Waals surface area contributed by atoms with E-state index in [4.69, 9.17) is 0 Å². The molecule has 5 heteroatoms. The molecule has 2 aliphatic rings. The zero-order chi connectivity index (χ0) is 15.6. The van der Waals surface area contributed by atoms with Gasteiger partial charge in [-0.25, -0.2) is 4.98 Å². The number of para-hydroxylation sites is 2. The molecule has 5 nitrogen and oxygen atoms in total. The molecule has 0 saturated carbocycles. The third-order valence-corrected chi connectivity index (χ3v) is 4.97. The standard InChI is InChI=1S/C18H22N4O/c23-18(17-12-19-15-7-1-2-8-16(15)20-17)22-11-5-6-14(22)13-21-9-3-4-10-21/h1-2,7-8,12,14H,3-6,9-11,13H2. The van der Waals surface area contributed by atoms with E-state index < -0.39 is 0 Å². The maximum Gasteiger partial charge on any atom is 0.274 e. The first-order valence-electron chi connectivity index (χ1n) is 8.56. The highest BCUT2D eigenvalue weighted by molar-refractivity contribution is 5.94. The molecule has 2 fully saturated rings. The third-order valence-electron chi connectivity index (χ3n) is 4.97. The Morgan fingerprint density at radius 1 is 1.09 bits per heavy atom. The third kappa shape index (κ3) is 2.93. The van der Waals surface area contributed by atoms with E-state index >= 15 is 0 Å². The lowest BCUT2D eigenvalue weighted by atomic mass is 10.2. The van der Waals surface area contributed by atoms with E-state index in [-0.39, 0.29) is 5.91 Å². The first-order chi connectivity index (χ1) is 11.3. The average molecular weight is 310 g/mol. The normalized spacial score (nSPS) is 22.1. The fraction of sp³-hybridized carbons (Fsp3) is 0.500. The van der Waals surface area contributed by atoms with Crippen LogP contribution in [0.15, 0.2) is 30.5 Å². The number of fused-ring (bicyclic) bond motifs is 1. The van der Waals surface area contributed by atoms with Crippen LogP contribution in [0.25, 0.3) is 11.0 Å². The Balaban J connectivity index is 1.53. The molecule has 1 amide bonds. The summed E-state index contributed by atoms with van der Waals surface area (Å²) in [5, 5.41) is 0. The second kappa shape index (κ2) is 6.24. The Bertz CT molecular complexity index is 711. The van der Waals surface area contributed by atoms with Gasteiger partial charge in [0.15, 0.2) is 0 Å². The molecule has 1 unspecified atom stereocenters. The van der Waals surface area contributed by atoms with Crippen molar-refractivity contribution in [1.82, 2.24) is 19.8 Å². The molecule has 4 rings (SSSR count). The van der Waals surface area contributed by atoms with Gasteiger partial charge in [0.1, 0.15) is 5.69 Å². The SMILES string of the molecule is O=C(c1cnc2ccccc2n1)N1CCCC1CN1CCCC1. The molecule has 1 aromatic heterocycles. The van der Waals surface area contributed by atoms with E-state index in [1.807, 2.05) is 29.2 Å². The molecule has 1 aromatic carbocycles. The highest BCUT2D eigenvalue weighted by Crippen LogP contribution is 2.22. The van der Waals surface area contributed by atoms with Gasteiger partial charge in [-0.05, 0) is 50.9 Å². The minimum Gasteiger partial charge on any atom is -0.333 e. The molecular formula is C18H22N4O. The second-order valence-corrected chi connectivity index (χ2v) is 6.55. The Labute approximate surface area is 136 Å². The van der Waals surface area contributed by atoms with E-state index in [9.17, 15) is 4.79 Å². The number of rotatable bonds is 3. The Hall–Kier alpha value is -2.01. The molecule has 0 N–H and O–H groups in total. The van der Waals surface area contributed by atoms with Crippen LogP contribution in [0.1, 0.15) is 36.2 Å². The Morgan fingerprint density at radius 2 is 1.87 bits per heavy atom. The van der Waals surface area contributed by atoms with Crippen LogP contribution in [-0.2, 0) is 0 Å². The number of carbonyl (C=O) groups excluding carboxylic acids is 1. The van der Waals surface area contributed by atoms with Crippen molar-refractivity contribution >= 4 is 16.9 Å². The fourth-order valence-corrected chi connectivity index (χ4v) is 3.76. The molecule has 1 atom stereocenters. The summed E-state index contributed by atoms with van der Waals surface area (Å²) in [4.78, 5) is 26.3. The van der Waals surface area contributed by atoms with E-state index in [0.717, 1.165) is 37.0 Å². The monoisotopic (exact) mass is 310 g/mol. The largest absolute Gasteiger partial charge is 0.333 e. The lowest BCUT2D eigenvalue weighted by molar-refractivity contribution is 0.0703. The molecule has 2 aliphatic heterocycles. The van der Waals surface area contributed by atoms with Gasteiger partial charge in [0, 0.05) is 19.1 Å². The number of hydrogen-bond donors (Lipinski definition) is 0. The van der Waals surface area contributed by atoms with Gasteiger partial charge in [0.05, 0.1) is 17.2 Å². The second-order valence-electron chi connectivity index (χ2n) is 6.55. The average Bonchev–Trinajstić information content (AvgIpc) is 3.26. The van der Waals surface area contributed by atoms with Crippen molar-refractivity contribution in [3.05, 3.63) is 36.2 Å². The lowest BCUT2D eigenvalue weighted by Crippen LogP contribution is -2.42. The molecule has 23 heavy (non-hydrogen) atoms. The van der Waals surface area contributed by atoms with Crippen LogP contribution < -0.4 is 0 Å². The molecule has 0 spiro atoms. The zero-order valence-electron chi connectivity index (χ0n) is 13.3. The summed E-state index contributed by atoms with van der Waals surface area (Å²) in [6, 6.07) is 8.02. The Morgan fingerprint density at radius 3 is 2.70 bits per heavy atom. The van der Waals surface area contributed by atoms with Gasteiger partial charge in [-0.15, -0.1) is 0 Å². The van der Waals surface area contributed by atoms with Gasteiger partial charge in [-0.3, -0.25) is 9.78 Å². The summed E-state index contributed by atoms with van der Waals surface area (Å²) >= 11 is 0. The van der Waals surface area contributed by atoms with Crippen LogP contribution in [-0.4, -0.2) is 57.9 Å². The summed E-state index contributed by atoms with van der Waals surface area (Å²) in [6.07, 6.45) is 6.39. The number of aromatic nitrogens is 2. The summed E-state index contributed by atoms with van der Waals surface area (Å²) < 4.78 is 0. The Kier molecular flexibility index (Phi) is 3.95. The smallest absolute Gasteiger partial charge is 0.274 e.